The van der Waals surface area contributed by atoms with Crippen molar-refractivity contribution in [1.29, 1.82) is 0 Å². The highest BCUT2D eigenvalue weighted by Gasteiger charge is 2.11. The van der Waals surface area contributed by atoms with E-state index in [9.17, 15) is 4.79 Å². The first-order valence-corrected chi connectivity index (χ1v) is 9.00. The largest absolute Gasteiger partial charge is 0.379 e. The Morgan fingerprint density at radius 1 is 1.15 bits per heavy atom. The van der Waals surface area contributed by atoms with E-state index in [0.717, 1.165) is 38.5 Å². The summed E-state index contributed by atoms with van der Waals surface area (Å²) in [5.41, 5.74) is 3.95. The number of nitrogens with zero attached hydrogens (tertiary/aromatic N) is 2. The molecule has 0 saturated carbocycles. The standard InChI is InChI=1S/C20H26N4O2/c1-15-11-16(2)13-18(12-15)23-19-14-17(3-4-21-19)20(25)22-5-6-24-7-9-26-10-8-24/h3-4,11-14H,5-10H2,1-2H3,(H,21,23)(H,22,25). The Bertz CT molecular complexity index is 737. The summed E-state index contributed by atoms with van der Waals surface area (Å²) in [7, 11) is 0. The second-order valence-electron chi connectivity index (χ2n) is 6.64. The van der Waals surface area contributed by atoms with Crippen molar-refractivity contribution in [3.8, 4) is 0 Å². The molecule has 1 fully saturated rings. The lowest BCUT2D eigenvalue weighted by Crippen LogP contribution is -2.41. The summed E-state index contributed by atoms with van der Waals surface area (Å²) in [5.74, 6) is 0.583. The molecule has 26 heavy (non-hydrogen) atoms. The molecular formula is C20H26N4O2. The van der Waals surface area contributed by atoms with Crippen molar-refractivity contribution in [2.75, 3.05) is 44.7 Å². The molecule has 0 spiro atoms. The molecule has 1 amide bonds. The van der Waals surface area contributed by atoms with Gasteiger partial charge in [-0.15, -0.1) is 0 Å². The van der Waals surface area contributed by atoms with Gasteiger partial charge in [-0.1, -0.05) is 6.07 Å². The third kappa shape index (κ3) is 5.28. The molecule has 3 rings (SSSR count). The number of anilines is 2. The van der Waals surface area contributed by atoms with Gasteiger partial charge in [0.05, 0.1) is 13.2 Å². The fraction of sp³-hybridized carbons (Fsp3) is 0.400. The second kappa shape index (κ2) is 8.78. The molecule has 1 aliphatic heterocycles. The van der Waals surface area contributed by atoms with Gasteiger partial charge in [0, 0.05) is 43.6 Å². The van der Waals surface area contributed by atoms with E-state index in [1.54, 1.807) is 18.3 Å². The minimum atomic E-state index is -0.0795. The Hall–Kier alpha value is -2.44. The van der Waals surface area contributed by atoms with Gasteiger partial charge in [-0.05, 0) is 49.2 Å². The Labute approximate surface area is 154 Å². The van der Waals surface area contributed by atoms with E-state index in [1.165, 1.54) is 11.1 Å². The molecule has 1 saturated heterocycles. The fourth-order valence-corrected chi connectivity index (χ4v) is 3.09. The highest BCUT2D eigenvalue weighted by molar-refractivity contribution is 5.94. The number of morpholine rings is 1. The van der Waals surface area contributed by atoms with Gasteiger partial charge in [0.1, 0.15) is 5.82 Å². The first kappa shape index (κ1) is 18.4. The van der Waals surface area contributed by atoms with E-state index in [-0.39, 0.29) is 5.91 Å². The van der Waals surface area contributed by atoms with Crippen LogP contribution >= 0.6 is 0 Å². The minimum absolute atomic E-state index is 0.0795. The van der Waals surface area contributed by atoms with Crippen LogP contribution < -0.4 is 10.6 Å². The smallest absolute Gasteiger partial charge is 0.251 e. The predicted molar refractivity (Wildman–Crippen MR) is 103 cm³/mol. The summed E-state index contributed by atoms with van der Waals surface area (Å²) in [4.78, 5) is 19.0. The number of carbonyl (C=O) groups is 1. The zero-order chi connectivity index (χ0) is 18.4. The maximum Gasteiger partial charge on any atom is 0.251 e. The maximum absolute atomic E-state index is 12.4. The number of hydrogen-bond acceptors (Lipinski definition) is 5. The van der Waals surface area contributed by atoms with Crippen LogP contribution in [0.5, 0.6) is 0 Å². The molecule has 0 bridgehead atoms. The average molecular weight is 354 g/mol. The SMILES string of the molecule is Cc1cc(C)cc(Nc2cc(C(=O)NCCN3CCOCC3)ccn2)c1. The third-order valence-electron chi connectivity index (χ3n) is 4.33. The number of nitrogens with one attached hydrogen (secondary N) is 2. The molecule has 1 aliphatic rings. The quantitative estimate of drug-likeness (QED) is 0.834. The topological polar surface area (TPSA) is 66.5 Å². The third-order valence-corrected chi connectivity index (χ3v) is 4.33. The molecule has 2 heterocycles. The monoisotopic (exact) mass is 354 g/mol. The lowest BCUT2D eigenvalue weighted by Gasteiger charge is -2.26. The van der Waals surface area contributed by atoms with E-state index in [2.05, 4.69) is 52.6 Å². The molecule has 0 radical (unpaired) electrons. The molecule has 1 aromatic carbocycles. The van der Waals surface area contributed by atoms with Gasteiger partial charge in [-0.3, -0.25) is 9.69 Å². The average Bonchev–Trinajstić information content (AvgIpc) is 2.62. The summed E-state index contributed by atoms with van der Waals surface area (Å²) in [6.45, 7) is 8.98. The number of aromatic nitrogens is 1. The number of rotatable bonds is 6. The number of aryl methyl sites for hydroxylation is 2. The molecular weight excluding hydrogens is 328 g/mol. The molecule has 0 unspecified atom stereocenters. The van der Waals surface area contributed by atoms with E-state index >= 15 is 0 Å². The van der Waals surface area contributed by atoms with Gasteiger partial charge < -0.3 is 15.4 Å². The molecule has 6 nitrogen and oxygen atoms in total. The minimum Gasteiger partial charge on any atom is -0.379 e. The van der Waals surface area contributed by atoms with Crippen molar-refractivity contribution in [3.05, 3.63) is 53.2 Å². The highest BCUT2D eigenvalue weighted by Crippen LogP contribution is 2.18. The van der Waals surface area contributed by atoms with Gasteiger partial charge >= 0.3 is 0 Å². The number of hydrogen-bond donors (Lipinski definition) is 2. The summed E-state index contributed by atoms with van der Waals surface area (Å²) in [6, 6.07) is 9.75. The van der Waals surface area contributed by atoms with Crippen LogP contribution in [0.4, 0.5) is 11.5 Å². The summed E-state index contributed by atoms with van der Waals surface area (Å²) in [6.07, 6.45) is 1.65. The zero-order valence-electron chi connectivity index (χ0n) is 15.4. The van der Waals surface area contributed by atoms with E-state index in [4.69, 9.17) is 4.74 Å². The van der Waals surface area contributed by atoms with Crippen molar-refractivity contribution in [2.24, 2.45) is 0 Å². The van der Waals surface area contributed by atoms with Gasteiger partial charge in [0.15, 0.2) is 0 Å². The van der Waals surface area contributed by atoms with Crippen LogP contribution in [0, 0.1) is 13.8 Å². The summed E-state index contributed by atoms with van der Waals surface area (Å²) < 4.78 is 5.33. The van der Waals surface area contributed by atoms with Crippen LogP contribution in [0.15, 0.2) is 36.5 Å². The zero-order valence-corrected chi connectivity index (χ0v) is 15.4. The number of amides is 1. The first-order valence-electron chi connectivity index (χ1n) is 9.00. The number of carbonyl (C=O) groups excluding carboxylic acids is 1. The van der Waals surface area contributed by atoms with E-state index in [0.29, 0.717) is 17.9 Å². The number of ether oxygens (including phenoxy) is 1. The van der Waals surface area contributed by atoms with Crippen LogP contribution in [-0.4, -0.2) is 55.2 Å². The Morgan fingerprint density at radius 2 is 1.88 bits per heavy atom. The molecule has 2 N–H and O–H groups in total. The molecule has 0 aliphatic carbocycles. The molecule has 6 heteroatoms. The van der Waals surface area contributed by atoms with Crippen molar-refractivity contribution in [1.82, 2.24) is 15.2 Å². The van der Waals surface area contributed by atoms with Gasteiger partial charge in [0.25, 0.3) is 5.91 Å². The van der Waals surface area contributed by atoms with Crippen LogP contribution in [-0.2, 0) is 4.74 Å². The van der Waals surface area contributed by atoms with Crippen LogP contribution in [0.25, 0.3) is 0 Å². The predicted octanol–water partition coefficient (Wildman–Crippen LogP) is 2.50. The maximum atomic E-state index is 12.4. The van der Waals surface area contributed by atoms with Gasteiger partial charge in [-0.2, -0.15) is 0 Å². The molecule has 0 atom stereocenters. The Balaban J connectivity index is 1.56. The van der Waals surface area contributed by atoms with Crippen LogP contribution in [0.2, 0.25) is 0 Å². The lowest BCUT2D eigenvalue weighted by atomic mass is 10.1. The number of benzene rings is 1. The van der Waals surface area contributed by atoms with Gasteiger partial charge in [-0.25, -0.2) is 4.98 Å². The van der Waals surface area contributed by atoms with E-state index < -0.39 is 0 Å². The summed E-state index contributed by atoms with van der Waals surface area (Å²) >= 11 is 0. The van der Waals surface area contributed by atoms with E-state index in [1.807, 2.05) is 0 Å². The lowest BCUT2D eigenvalue weighted by molar-refractivity contribution is 0.0383. The summed E-state index contributed by atoms with van der Waals surface area (Å²) in [5, 5.41) is 6.25. The normalized spacial score (nSPS) is 14.8. The second-order valence-corrected chi connectivity index (χ2v) is 6.64. The van der Waals surface area contributed by atoms with Crippen LogP contribution in [0.1, 0.15) is 21.5 Å². The molecule has 138 valence electrons. The Morgan fingerprint density at radius 3 is 2.62 bits per heavy atom. The Kier molecular flexibility index (Phi) is 6.20. The van der Waals surface area contributed by atoms with Crippen molar-refractivity contribution in [2.45, 2.75) is 13.8 Å². The van der Waals surface area contributed by atoms with Crippen LogP contribution in [0.3, 0.4) is 0 Å². The number of pyridine rings is 1. The molecule has 1 aromatic heterocycles. The van der Waals surface area contributed by atoms with Crippen molar-refractivity contribution in [3.63, 3.8) is 0 Å². The van der Waals surface area contributed by atoms with Crippen molar-refractivity contribution >= 4 is 17.4 Å². The van der Waals surface area contributed by atoms with Crippen molar-refractivity contribution < 1.29 is 9.53 Å². The fourth-order valence-electron chi connectivity index (χ4n) is 3.09. The first-order chi connectivity index (χ1) is 12.6. The molecule has 2 aromatic rings. The highest BCUT2D eigenvalue weighted by atomic mass is 16.5. The van der Waals surface area contributed by atoms with Gasteiger partial charge in [0.2, 0.25) is 0 Å².